The summed E-state index contributed by atoms with van der Waals surface area (Å²) in [6.45, 7) is 6.67. The summed E-state index contributed by atoms with van der Waals surface area (Å²) >= 11 is 0. The monoisotopic (exact) mass is 240 g/mol. The van der Waals surface area contributed by atoms with Gasteiger partial charge in [0.25, 0.3) is 0 Å². The third-order valence-corrected chi connectivity index (χ3v) is 5.49. The third kappa shape index (κ3) is 1.31. The van der Waals surface area contributed by atoms with Crippen LogP contribution in [0.1, 0.15) is 39.2 Å². The number of carbonyl (C=O) groups is 1. The first-order chi connectivity index (χ1) is 8.47. The minimum atomic E-state index is -0.141. The van der Waals surface area contributed by atoms with Gasteiger partial charge in [-0.05, 0) is 41.4 Å². The lowest BCUT2D eigenvalue weighted by Gasteiger charge is -2.31. The smallest absolute Gasteiger partial charge is 0.165 e. The molecule has 1 nitrogen and oxygen atoms in total. The van der Waals surface area contributed by atoms with Crippen molar-refractivity contribution in [1.29, 1.82) is 0 Å². The Morgan fingerprint density at radius 1 is 1.17 bits per heavy atom. The molecular weight excluding hydrogens is 220 g/mol. The van der Waals surface area contributed by atoms with Gasteiger partial charge in [-0.15, -0.1) is 0 Å². The first-order valence-corrected chi connectivity index (χ1v) is 6.78. The Morgan fingerprint density at radius 2 is 1.83 bits per heavy atom. The predicted octanol–water partition coefficient (Wildman–Crippen LogP) is 4.10. The number of carbonyl (C=O) groups excluding carboxylic acids is 1. The van der Waals surface area contributed by atoms with Crippen molar-refractivity contribution in [2.75, 3.05) is 0 Å². The van der Waals surface area contributed by atoms with Gasteiger partial charge in [0.05, 0.1) is 0 Å². The minimum absolute atomic E-state index is 0.116. The van der Waals surface area contributed by atoms with Crippen molar-refractivity contribution in [3.05, 3.63) is 41.5 Å². The molecule has 2 aliphatic rings. The molecule has 18 heavy (non-hydrogen) atoms. The summed E-state index contributed by atoms with van der Waals surface area (Å²) < 4.78 is 0. The molecule has 0 aliphatic heterocycles. The van der Waals surface area contributed by atoms with E-state index in [1.165, 1.54) is 0 Å². The molecule has 0 unspecified atom stereocenters. The van der Waals surface area contributed by atoms with Gasteiger partial charge >= 0.3 is 0 Å². The fraction of sp³-hybridized carbons (Fsp3) is 0.471. The van der Waals surface area contributed by atoms with Crippen LogP contribution in [0.2, 0.25) is 0 Å². The molecule has 0 saturated heterocycles. The topological polar surface area (TPSA) is 17.1 Å². The van der Waals surface area contributed by atoms with Crippen LogP contribution in [0.5, 0.6) is 0 Å². The molecule has 0 radical (unpaired) electrons. The largest absolute Gasteiger partial charge is 0.294 e. The fourth-order valence-electron chi connectivity index (χ4n) is 3.82. The third-order valence-electron chi connectivity index (χ3n) is 5.49. The Bertz CT molecular complexity index is 524. The highest BCUT2D eigenvalue weighted by Gasteiger charge is 2.63. The Balaban J connectivity index is 2.07. The van der Waals surface area contributed by atoms with E-state index in [1.807, 2.05) is 18.2 Å². The van der Waals surface area contributed by atoms with E-state index in [0.717, 1.165) is 24.0 Å². The molecule has 1 heteroatoms. The van der Waals surface area contributed by atoms with Gasteiger partial charge in [-0.2, -0.15) is 0 Å². The molecule has 1 aromatic rings. The van der Waals surface area contributed by atoms with Crippen LogP contribution >= 0.6 is 0 Å². The normalized spacial score (nSPS) is 35.4. The number of allylic oxidation sites excluding steroid dienone is 1. The van der Waals surface area contributed by atoms with Crippen molar-refractivity contribution in [3.63, 3.8) is 0 Å². The molecule has 0 amide bonds. The fourth-order valence-corrected chi connectivity index (χ4v) is 3.82. The second kappa shape index (κ2) is 3.57. The molecule has 0 aromatic heterocycles. The number of ketones is 1. The van der Waals surface area contributed by atoms with Gasteiger partial charge < -0.3 is 0 Å². The van der Waals surface area contributed by atoms with E-state index in [-0.39, 0.29) is 10.8 Å². The molecule has 94 valence electrons. The average molecular weight is 240 g/mol. The lowest BCUT2D eigenvalue weighted by molar-refractivity contribution is -0.125. The summed E-state index contributed by atoms with van der Waals surface area (Å²) in [5, 5.41) is 0. The number of hydrogen-bond acceptors (Lipinski definition) is 1. The van der Waals surface area contributed by atoms with Crippen LogP contribution in [0.25, 0.3) is 6.08 Å². The first kappa shape index (κ1) is 11.7. The molecular formula is C17H20O. The lowest BCUT2D eigenvalue weighted by atomic mass is 9.70. The highest BCUT2D eigenvalue weighted by Crippen LogP contribution is 2.65. The van der Waals surface area contributed by atoms with E-state index in [4.69, 9.17) is 0 Å². The number of fused-ring (bicyclic) bond motifs is 2. The number of benzene rings is 1. The lowest BCUT2D eigenvalue weighted by Crippen LogP contribution is -2.32. The van der Waals surface area contributed by atoms with E-state index in [2.05, 4.69) is 39.0 Å². The molecule has 2 saturated carbocycles. The van der Waals surface area contributed by atoms with Gasteiger partial charge in [0, 0.05) is 5.41 Å². The highest BCUT2D eigenvalue weighted by molar-refractivity contribution is 6.07. The Morgan fingerprint density at radius 3 is 2.39 bits per heavy atom. The van der Waals surface area contributed by atoms with Crippen LogP contribution < -0.4 is 0 Å². The molecule has 0 heterocycles. The van der Waals surface area contributed by atoms with Gasteiger partial charge in [0.2, 0.25) is 0 Å². The SMILES string of the molecule is CC1(C)[C@@H]2CC[C@@]1(C)C(=O)/C2=C/c1ccccc1. The molecule has 2 bridgehead atoms. The second-order valence-corrected chi connectivity index (χ2v) is 6.48. The highest BCUT2D eigenvalue weighted by atomic mass is 16.1. The van der Waals surface area contributed by atoms with Crippen LogP contribution in [-0.4, -0.2) is 5.78 Å². The van der Waals surface area contributed by atoms with E-state index >= 15 is 0 Å². The van der Waals surface area contributed by atoms with E-state index in [9.17, 15) is 4.79 Å². The molecule has 2 atom stereocenters. The maximum Gasteiger partial charge on any atom is 0.165 e. The number of hydrogen-bond donors (Lipinski definition) is 0. The second-order valence-electron chi connectivity index (χ2n) is 6.48. The number of Topliss-reactive ketones (excluding diaryl/α,β-unsaturated/α-hetero) is 1. The van der Waals surface area contributed by atoms with Gasteiger partial charge in [-0.1, -0.05) is 51.1 Å². The van der Waals surface area contributed by atoms with Crippen LogP contribution in [0.3, 0.4) is 0 Å². The Hall–Kier alpha value is -1.37. The van der Waals surface area contributed by atoms with Gasteiger partial charge in [0.15, 0.2) is 5.78 Å². The van der Waals surface area contributed by atoms with Gasteiger partial charge in [-0.25, -0.2) is 0 Å². The Labute approximate surface area is 109 Å². The van der Waals surface area contributed by atoms with Gasteiger partial charge in [0.1, 0.15) is 0 Å². The van der Waals surface area contributed by atoms with Crippen LogP contribution in [0, 0.1) is 16.7 Å². The van der Waals surface area contributed by atoms with Crippen molar-refractivity contribution in [2.45, 2.75) is 33.6 Å². The Kier molecular flexibility index (Phi) is 2.32. The van der Waals surface area contributed by atoms with Crippen molar-refractivity contribution in [3.8, 4) is 0 Å². The van der Waals surface area contributed by atoms with Crippen LogP contribution in [0.4, 0.5) is 0 Å². The summed E-state index contributed by atoms with van der Waals surface area (Å²) in [4.78, 5) is 12.6. The maximum atomic E-state index is 12.6. The summed E-state index contributed by atoms with van der Waals surface area (Å²) in [7, 11) is 0. The summed E-state index contributed by atoms with van der Waals surface area (Å²) in [6, 6.07) is 10.2. The van der Waals surface area contributed by atoms with Crippen molar-refractivity contribution in [1.82, 2.24) is 0 Å². The van der Waals surface area contributed by atoms with Crippen molar-refractivity contribution < 1.29 is 4.79 Å². The van der Waals surface area contributed by atoms with Gasteiger partial charge in [-0.3, -0.25) is 4.79 Å². The number of rotatable bonds is 1. The van der Waals surface area contributed by atoms with Crippen molar-refractivity contribution >= 4 is 11.9 Å². The molecule has 0 N–H and O–H groups in total. The molecule has 3 rings (SSSR count). The zero-order valence-corrected chi connectivity index (χ0v) is 11.4. The zero-order chi connectivity index (χ0) is 13.0. The minimum Gasteiger partial charge on any atom is -0.294 e. The molecule has 0 spiro atoms. The van der Waals surface area contributed by atoms with E-state index in [0.29, 0.717) is 11.7 Å². The van der Waals surface area contributed by atoms with Crippen LogP contribution in [0.15, 0.2) is 35.9 Å². The average Bonchev–Trinajstić information content (AvgIpc) is 2.65. The quantitative estimate of drug-likeness (QED) is 0.675. The molecule has 2 aliphatic carbocycles. The van der Waals surface area contributed by atoms with Crippen molar-refractivity contribution in [2.24, 2.45) is 16.7 Å². The standard InChI is InChI=1S/C17H20O/c1-16(2)14-9-10-17(16,3)15(18)13(14)11-12-7-5-4-6-8-12/h4-8,11,14H,9-10H2,1-3H3/b13-11+/t14-,17+/m1/s1. The summed E-state index contributed by atoms with van der Waals surface area (Å²) in [5.74, 6) is 0.822. The van der Waals surface area contributed by atoms with Crippen LogP contribution in [-0.2, 0) is 4.79 Å². The molecule has 2 fully saturated rings. The first-order valence-electron chi connectivity index (χ1n) is 6.78. The van der Waals surface area contributed by atoms with E-state index < -0.39 is 0 Å². The summed E-state index contributed by atoms with van der Waals surface area (Å²) in [5.41, 5.74) is 2.18. The zero-order valence-electron chi connectivity index (χ0n) is 11.4. The molecule has 1 aromatic carbocycles. The summed E-state index contributed by atoms with van der Waals surface area (Å²) in [6.07, 6.45) is 4.32. The van der Waals surface area contributed by atoms with E-state index in [1.54, 1.807) is 0 Å². The predicted molar refractivity (Wildman–Crippen MR) is 74.0 cm³/mol. The maximum absolute atomic E-state index is 12.6.